The standard InChI is InChI=1S/C51H86O9/c1-4-7-9-11-13-15-17-19-21-23-25-27-29-31-33-35-49(52)59-47-38-37-46(51(54)58-44-43-57-42-41-56-40-39-55-6-3)45-48(47)60-50(53)36-34-32-30-28-26-24-22-20-18-16-14-12-10-8-5-2/h19-22,37-38,45H,4-18,23-36,39-44H2,1-3H3/b21-19-,22-20-. The van der Waals surface area contributed by atoms with E-state index in [0.717, 1.165) is 70.6 Å². The van der Waals surface area contributed by atoms with Crippen molar-refractivity contribution in [2.24, 2.45) is 0 Å². The average Bonchev–Trinajstić information content (AvgIpc) is 3.24. The third-order valence-corrected chi connectivity index (χ3v) is 10.3. The Balaban J connectivity index is 2.49. The summed E-state index contributed by atoms with van der Waals surface area (Å²) in [5.41, 5.74) is 0.190. The topological polar surface area (TPSA) is 107 Å². The van der Waals surface area contributed by atoms with Crippen LogP contribution >= 0.6 is 0 Å². The zero-order valence-electron chi connectivity index (χ0n) is 38.5. The van der Waals surface area contributed by atoms with E-state index in [0.29, 0.717) is 39.5 Å². The summed E-state index contributed by atoms with van der Waals surface area (Å²) in [7, 11) is 0. The molecule has 1 aromatic carbocycles. The molecule has 60 heavy (non-hydrogen) atoms. The van der Waals surface area contributed by atoms with Crippen LogP contribution in [0.5, 0.6) is 11.5 Å². The monoisotopic (exact) mass is 843 g/mol. The van der Waals surface area contributed by atoms with Gasteiger partial charge >= 0.3 is 17.9 Å². The molecule has 0 saturated carbocycles. The summed E-state index contributed by atoms with van der Waals surface area (Å²) in [5.74, 6) is -1.25. The van der Waals surface area contributed by atoms with E-state index in [1.165, 1.54) is 108 Å². The quantitative estimate of drug-likeness (QED) is 0.0275. The zero-order chi connectivity index (χ0) is 43.4. The minimum absolute atomic E-state index is 0.0422. The lowest BCUT2D eigenvalue weighted by molar-refractivity contribution is -0.137. The number of rotatable bonds is 43. The Labute approximate surface area is 366 Å². The smallest absolute Gasteiger partial charge is 0.338 e. The summed E-state index contributed by atoms with van der Waals surface area (Å²) < 4.78 is 32.9. The largest absolute Gasteiger partial charge is 0.460 e. The van der Waals surface area contributed by atoms with E-state index in [1.807, 2.05) is 6.92 Å². The molecule has 0 aliphatic rings. The van der Waals surface area contributed by atoms with Crippen molar-refractivity contribution >= 4 is 17.9 Å². The van der Waals surface area contributed by atoms with Crippen molar-refractivity contribution < 1.29 is 42.8 Å². The molecule has 9 heteroatoms. The second kappa shape index (κ2) is 42.7. The summed E-state index contributed by atoms with van der Waals surface area (Å²) >= 11 is 0. The van der Waals surface area contributed by atoms with Crippen LogP contribution in [-0.2, 0) is 28.5 Å². The van der Waals surface area contributed by atoms with Gasteiger partial charge in [0.25, 0.3) is 0 Å². The van der Waals surface area contributed by atoms with Crippen LogP contribution in [-0.4, -0.2) is 64.2 Å². The fourth-order valence-electron chi connectivity index (χ4n) is 6.69. The number of carbonyl (C=O) groups excluding carboxylic acids is 3. The summed E-state index contributed by atoms with van der Waals surface area (Å²) in [4.78, 5) is 38.7. The van der Waals surface area contributed by atoms with Gasteiger partial charge in [-0.05, 0) is 89.3 Å². The van der Waals surface area contributed by atoms with Gasteiger partial charge in [-0.3, -0.25) is 9.59 Å². The van der Waals surface area contributed by atoms with Crippen molar-refractivity contribution in [1.82, 2.24) is 0 Å². The highest BCUT2D eigenvalue weighted by atomic mass is 16.6. The third kappa shape index (κ3) is 34.7. The zero-order valence-corrected chi connectivity index (χ0v) is 38.5. The summed E-state index contributed by atoms with van der Waals surface area (Å²) in [6.07, 6.45) is 40.4. The van der Waals surface area contributed by atoms with Gasteiger partial charge in [0.05, 0.1) is 38.6 Å². The van der Waals surface area contributed by atoms with Crippen LogP contribution < -0.4 is 9.47 Å². The lowest BCUT2D eigenvalue weighted by Crippen LogP contribution is -2.15. The molecule has 0 amide bonds. The molecule has 0 N–H and O–H groups in total. The summed E-state index contributed by atoms with van der Waals surface area (Å²) in [5, 5.41) is 0. The highest BCUT2D eigenvalue weighted by Gasteiger charge is 2.18. The first-order valence-electron chi connectivity index (χ1n) is 24.3. The predicted octanol–water partition coefficient (Wildman–Crippen LogP) is 13.8. The van der Waals surface area contributed by atoms with Crippen molar-refractivity contribution in [3.63, 3.8) is 0 Å². The van der Waals surface area contributed by atoms with Gasteiger partial charge in [0.1, 0.15) is 6.61 Å². The van der Waals surface area contributed by atoms with Gasteiger partial charge in [-0.15, -0.1) is 0 Å². The van der Waals surface area contributed by atoms with Crippen LogP contribution in [0.1, 0.15) is 211 Å². The maximum Gasteiger partial charge on any atom is 0.338 e. The first-order valence-corrected chi connectivity index (χ1v) is 24.3. The van der Waals surface area contributed by atoms with Crippen LogP contribution in [0.25, 0.3) is 0 Å². The van der Waals surface area contributed by atoms with Crippen molar-refractivity contribution in [1.29, 1.82) is 0 Å². The molecule has 0 saturated heterocycles. The number of carbonyl (C=O) groups is 3. The first-order chi connectivity index (χ1) is 29.5. The molecule has 0 heterocycles. The average molecular weight is 843 g/mol. The maximum atomic E-state index is 12.9. The lowest BCUT2D eigenvalue weighted by Gasteiger charge is -2.13. The van der Waals surface area contributed by atoms with Crippen LogP contribution in [0, 0.1) is 0 Å². The number of unbranched alkanes of at least 4 members (excludes halogenated alkanes) is 22. The molecule has 1 aromatic rings. The van der Waals surface area contributed by atoms with E-state index < -0.39 is 17.9 Å². The number of benzene rings is 1. The van der Waals surface area contributed by atoms with E-state index in [1.54, 1.807) is 0 Å². The molecule has 1 rings (SSSR count). The van der Waals surface area contributed by atoms with E-state index >= 15 is 0 Å². The minimum Gasteiger partial charge on any atom is -0.460 e. The van der Waals surface area contributed by atoms with E-state index in [9.17, 15) is 14.4 Å². The molecule has 0 unspecified atom stereocenters. The molecular weight excluding hydrogens is 757 g/mol. The Morgan fingerprint density at radius 2 is 0.817 bits per heavy atom. The van der Waals surface area contributed by atoms with E-state index in [-0.39, 0.29) is 43.1 Å². The van der Waals surface area contributed by atoms with Gasteiger partial charge in [-0.1, -0.05) is 141 Å². The first kappa shape index (κ1) is 55.0. The minimum atomic E-state index is -0.590. The van der Waals surface area contributed by atoms with E-state index in [4.69, 9.17) is 28.4 Å². The number of esters is 3. The number of ether oxygens (including phenoxy) is 6. The Bertz CT molecular complexity index is 1230. The Hall–Kier alpha value is -3.01. The fourth-order valence-corrected chi connectivity index (χ4v) is 6.69. The molecule has 344 valence electrons. The highest BCUT2D eigenvalue weighted by Crippen LogP contribution is 2.30. The normalized spacial score (nSPS) is 11.5. The molecule has 0 aliphatic heterocycles. The van der Waals surface area contributed by atoms with Crippen molar-refractivity contribution in [3.05, 3.63) is 48.1 Å². The summed E-state index contributed by atoms with van der Waals surface area (Å²) in [6.45, 7) is 9.19. The van der Waals surface area contributed by atoms with Crippen molar-refractivity contribution in [3.8, 4) is 11.5 Å². The third-order valence-electron chi connectivity index (χ3n) is 10.3. The van der Waals surface area contributed by atoms with Gasteiger partial charge in [-0.25, -0.2) is 4.79 Å². The Kier molecular flexibility index (Phi) is 39.1. The number of allylic oxidation sites excluding steroid dienone is 4. The predicted molar refractivity (Wildman–Crippen MR) is 245 cm³/mol. The second-order valence-corrected chi connectivity index (χ2v) is 15.8. The SMILES string of the molecule is CCCCCCCC/C=C\CCCCCCCC(=O)Oc1ccc(C(=O)OCCOCCOCCOCC)cc1OC(=O)CCCCCCC/C=C\CCCCCCCC. The molecule has 0 radical (unpaired) electrons. The van der Waals surface area contributed by atoms with Gasteiger partial charge in [-0.2, -0.15) is 0 Å². The van der Waals surface area contributed by atoms with Gasteiger partial charge in [0.2, 0.25) is 0 Å². The second-order valence-electron chi connectivity index (χ2n) is 15.8. The van der Waals surface area contributed by atoms with Crippen LogP contribution in [0.2, 0.25) is 0 Å². The maximum absolute atomic E-state index is 12.9. The van der Waals surface area contributed by atoms with E-state index in [2.05, 4.69) is 38.2 Å². The molecule has 0 aromatic heterocycles. The van der Waals surface area contributed by atoms with Crippen LogP contribution in [0.3, 0.4) is 0 Å². The Morgan fingerprint density at radius 1 is 0.433 bits per heavy atom. The lowest BCUT2D eigenvalue weighted by atomic mass is 10.1. The highest BCUT2D eigenvalue weighted by molar-refractivity contribution is 5.91. The van der Waals surface area contributed by atoms with Gasteiger partial charge in [0, 0.05) is 19.4 Å². The molecule has 0 spiro atoms. The molecule has 9 nitrogen and oxygen atoms in total. The molecule has 0 bridgehead atoms. The molecular formula is C51H86O9. The van der Waals surface area contributed by atoms with Crippen molar-refractivity contribution in [2.45, 2.75) is 201 Å². The molecule has 0 atom stereocenters. The number of hydrogen-bond acceptors (Lipinski definition) is 9. The van der Waals surface area contributed by atoms with Gasteiger partial charge in [0.15, 0.2) is 11.5 Å². The summed E-state index contributed by atoms with van der Waals surface area (Å²) in [6, 6.07) is 4.43. The van der Waals surface area contributed by atoms with Crippen molar-refractivity contribution in [2.75, 3.05) is 46.2 Å². The fraction of sp³-hybridized carbons (Fsp3) is 0.745. The molecule has 0 aliphatic carbocycles. The molecule has 0 fully saturated rings. The number of hydrogen-bond donors (Lipinski definition) is 0. The van der Waals surface area contributed by atoms with Crippen LogP contribution in [0.15, 0.2) is 42.5 Å². The Morgan fingerprint density at radius 3 is 1.27 bits per heavy atom. The van der Waals surface area contributed by atoms with Gasteiger partial charge < -0.3 is 28.4 Å². The van der Waals surface area contributed by atoms with Crippen LogP contribution in [0.4, 0.5) is 0 Å².